The third-order valence-electron chi connectivity index (χ3n) is 3.99. The van der Waals surface area contributed by atoms with Gasteiger partial charge in [-0.3, -0.25) is 14.4 Å². The molecule has 0 spiro atoms. The molecule has 2 aromatic rings. The Kier molecular flexibility index (Phi) is 7.11. The van der Waals surface area contributed by atoms with Gasteiger partial charge in [0.25, 0.3) is 5.91 Å². The van der Waals surface area contributed by atoms with Crippen molar-refractivity contribution in [2.75, 3.05) is 17.2 Å². The normalized spacial score (nSPS) is 10.4. The predicted molar refractivity (Wildman–Crippen MR) is 107 cm³/mol. The van der Waals surface area contributed by atoms with E-state index in [4.69, 9.17) is 0 Å². The Labute approximate surface area is 159 Å². The van der Waals surface area contributed by atoms with E-state index in [0.717, 1.165) is 5.56 Å². The van der Waals surface area contributed by atoms with Gasteiger partial charge in [0.1, 0.15) is 0 Å². The van der Waals surface area contributed by atoms with Gasteiger partial charge < -0.3 is 16.0 Å². The first kappa shape index (κ1) is 20.2. The molecule has 0 aliphatic heterocycles. The zero-order valence-electron chi connectivity index (χ0n) is 15.8. The van der Waals surface area contributed by atoms with Crippen molar-refractivity contribution >= 4 is 29.1 Å². The number of carbonyl (C=O) groups is 3. The highest BCUT2D eigenvalue weighted by Gasteiger charge is 2.10. The zero-order valence-corrected chi connectivity index (χ0v) is 15.8. The highest BCUT2D eigenvalue weighted by atomic mass is 16.2. The number of rotatable bonds is 7. The molecule has 0 heterocycles. The van der Waals surface area contributed by atoms with Crippen molar-refractivity contribution in [2.45, 2.75) is 27.2 Å². The van der Waals surface area contributed by atoms with Crippen LogP contribution in [0.15, 0.2) is 48.5 Å². The number of benzene rings is 2. The molecule has 27 heavy (non-hydrogen) atoms. The summed E-state index contributed by atoms with van der Waals surface area (Å²) in [6.07, 6.45) is 0.170. The molecule has 0 radical (unpaired) electrons. The lowest BCUT2D eigenvalue weighted by Gasteiger charge is -2.10. The third-order valence-corrected chi connectivity index (χ3v) is 3.99. The minimum Gasteiger partial charge on any atom is -0.352 e. The molecule has 142 valence electrons. The molecule has 0 unspecified atom stereocenters. The maximum absolute atomic E-state index is 12.1. The number of carbonyl (C=O) groups excluding carboxylic acids is 3. The van der Waals surface area contributed by atoms with Crippen molar-refractivity contribution in [3.8, 4) is 0 Å². The summed E-state index contributed by atoms with van der Waals surface area (Å²) < 4.78 is 0. The van der Waals surface area contributed by atoms with E-state index in [1.807, 2.05) is 39.0 Å². The molecule has 0 bridgehead atoms. The van der Waals surface area contributed by atoms with Crippen molar-refractivity contribution in [2.24, 2.45) is 5.92 Å². The number of anilines is 2. The van der Waals surface area contributed by atoms with E-state index < -0.39 is 0 Å². The summed E-state index contributed by atoms with van der Waals surface area (Å²) in [5, 5.41) is 8.31. The van der Waals surface area contributed by atoms with E-state index in [9.17, 15) is 14.4 Å². The van der Waals surface area contributed by atoms with E-state index in [1.165, 1.54) is 0 Å². The van der Waals surface area contributed by atoms with E-state index in [2.05, 4.69) is 16.0 Å². The smallest absolute Gasteiger partial charge is 0.251 e. The Bertz CT molecular complexity index is 814. The van der Waals surface area contributed by atoms with Crippen LogP contribution in [0.2, 0.25) is 0 Å². The van der Waals surface area contributed by atoms with E-state index >= 15 is 0 Å². The standard InChI is InChI=1S/C21H25N3O3/c1-14(2)20(26)24-17-10-8-16(9-11-17)23-19(25)12-13-22-21(27)18-7-5-4-6-15(18)3/h4-11,14H,12-13H2,1-3H3,(H,22,27)(H,23,25)(H,24,26). The van der Waals surface area contributed by atoms with Crippen LogP contribution >= 0.6 is 0 Å². The molecule has 6 heteroatoms. The summed E-state index contributed by atoms with van der Waals surface area (Å²) in [5.41, 5.74) is 2.81. The molecule has 0 fully saturated rings. The molecule has 0 atom stereocenters. The van der Waals surface area contributed by atoms with E-state index in [0.29, 0.717) is 16.9 Å². The van der Waals surface area contributed by atoms with Crippen LogP contribution in [-0.4, -0.2) is 24.3 Å². The van der Waals surface area contributed by atoms with Crippen LogP contribution in [0.3, 0.4) is 0 Å². The molecule has 0 aliphatic rings. The first-order valence-corrected chi connectivity index (χ1v) is 8.91. The fourth-order valence-electron chi connectivity index (χ4n) is 2.36. The van der Waals surface area contributed by atoms with Crippen LogP contribution in [0, 0.1) is 12.8 Å². The number of hydrogen-bond donors (Lipinski definition) is 3. The van der Waals surface area contributed by atoms with Crippen molar-refractivity contribution < 1.29 is 14.4 Å². The number of nitrogens with one attached hydrogen (secondary N) is 3. The van der Waals surface area contributed by atoms with Gasteiger partial charge in [-0.15, -0.1) is 0 Å². The average molecular weight is 367 g/mol. The van der Waals surface area contributed by atoms with Crippen LogP contribution in [0.25, 0.3) is 0 Å². The van der Waals surface area contributed by atoms with Crippen molar-refractivity contribution in [1.82, 2.24) is 5.32 Å². The van der Waals surface area contributed by atoms with Crippen molar-refractivity contribution in [3.05, 3.63) is 59.7 Å². The monoisotopic (exact) mass is 367 g/mol. The Balaban J connectivity index is 1.78. The van der Waals surface area contributed by atoms with Gasteiger partial charge in [-0.1, -0.05) is 32.0 Å². The Morgan fingerprint density at radius 2 is 1.48 bits per heavy atom. The summed E-state index contributed by atoms with van der Waals surface area (Å²) in [5.74, 6) is -0.541. The number of amides is 3. The fraction of sp³-hybridized carbons (Fsp3) is 0.286. The van der Waals surface area contributed by atoms with Gasteiger partial charge in [0.15, 0.2) is 0 Å². The Morgan fingerprint density at radius 1 is 0.889 bits per heavy atom. The number of aryl methyl sites for hydroxylation is 1. The first-order valence-electron chi connectivity index (χ1n) is 8.91. The zero-order chi connectivity index (χ0) is 19.8. The van der Waals surface area contributed by atoms with Crippen LogP contribution in [-0.2, 0) is 9.59 Å². The molecule has 6 nitrogen and oxygen atoms in total. The second kappa shape index (κ2) is 9.52. The van der Waals surface area contributed by atoms with Crippen molar-refractivity contribution in [3.63, 3.8) is 0 Å². The molecule has 2 rings (SSSR count). The van der Waals surface area contributed by atoms with Crippen LogP contribution in [0.5, 0.6) is 0 Å². The second-order valence-corrected chi connectivity index (χ2v) is 6.59. The van der Waals surface area contributed by atoms with Gasteiger partial charge in [-0.25, -0.2) is 0 Å². The molecule has 0 saturated carbocycles. The summed E-state index contributed by atoms with van der Waals surface area (Å²) in [6, 6.07) is 14.2. The summed E-state index contributed by atoms with van der Waals surface area (Å²) in [6.45, 7) is 5.76. The lowest BCUT2D eigenvalue weighted by Crippen LogP contribution is -2.28. The van der Waals surface area contributed by atoms with E-state index in [-0.39, 0.29) is 36.6 Å². The highest BCUT2D eigenvalue weighted by Crippen LogP contribution is 2.14. The van der Waals surface area contributed by atoms with Crippen molar-refractivity contribution in [1.29, 1.82) is 0 Å². The molecule has 0 aliphatic carbocycles. The lowest BCUT2D eigenvalue weighted by molar-refractivity contribution is -0.119. The Hall–Kier alpha value is -3.15. The minimum absolute atomic E-state index is 0.0591. The van der Waals surface area contributed by atoms with Crippen LogP contribution < -0.4 is 16.0 Å². The van der Waals surface area contributed by atoms with Gasteiger partial charge in [0.05, 0.1) is 0 Å². The average Bonchev–Trinajstić information content (AvgIpc) is 2.63. The topological polar surface area (TPSA) is 87.3 Å². The maximum atomic E-state index is 12.1. The fourth-order valence-corrected chi connectivity index (χ4v) is 2.36. The summed E-state index contributed by atoms with van der Waals surface area (Å²) >= 11 is 0. The van der Waals surface area contributed by atoms with Gasteiger partial charge in [-0.05, 0) is 42.8 Å². The summed E-state index contributed by atoms with van der Waals surface area (Å²) in [7, 11) is 0. The summed E-state index contributed by atoms with van der Waals surface area (Å²) in [4.78, 5) is 35.8. The van der Waals surface area contributed by atoms with Crippen LogP contribution in [0.1, 0.15) is 36.2 Å². The molecule has 3 N–H and O–H groups in total. The van der Waals surface area contributed by atoms with Gasteiger partial charge in [0, 0.05) is 35.8 Å². The maximum Gasteiger partial charge on any atom is 0.251 e. The lowest BCUT2D eigenvalue weighted by atomic mass is 10.1. The molecule has 0 saturated heterocycles. The quantitative estimate of drug-likeness (QED) is 0.701. The largest absolute Gasteiger partial charge is 0.352 e. The van der Waals surface area contributed by atoms with Gasteiger partial charge in [0.2, 0.25) is 11.8 Å². The molecular weight excluding hydrogens is 342 g/mol. The SMILES string of the molecule is Cc1ccccc1C(=O)NCCC(=O)Nc1ccc(NC(=O)C(C)C)cc1. The minimum atomic E-state index is -0.195. The molecule has 3 amide bonds. The predicted octanol–water partition coefficient (Wildman–Crippen LogP) is 3.35. The first-order chi connectivity index (χ1) is 12.9. The second-order valence-electron chi connectivity index (χ2n) is 6.59. The van der Waals surface area contributed by atoms with Gasteiger partial charge >= 0.3 is 0 Å². The third kappa shape index (κ3) is 6.26. The molecule has 2 aromatic carbocycles. The van der Waals surface area contributed by atoms with Gasteiger partial charge in [-0.2, -0.15) is 0 Å². The molecular formula is C21H25N3O3. The molecule has 0 aromatic heterocycles. The highest BCUT2D eigenvalue weighted by molar-refractivity contribution is 5.96. The number of hydrogen-bond acceptors (Lipinski definition) is 3. The van der Waals surface area contributed by atoms with E-state index in [1.54, 1.807) is 30.3 Å². The Morgan fingerprint density at radius 3 is 2.07 bits per heavy atom. The van der Waals surface area contributed by atoms with Crippen LogP contribution in [0.4, 0.5) is 11.4 Å².